The summed E-state index contributed by atoms with van der Waals surface area (Å²) in [5.74, 6) is 1.36. The third-order valence-corrected chi connectivity index (χ3v) is 7.08. The van der Waals surface area contributed by atoms with Crippen LogP contribution in [0.1, 0.15) is 16.7 Å². The Kier molecular flexibility index (Phi) is 9.15. The minimum atomic E-state index is -0.524. The Morgan fingerprint density at radius 3 is 2.41 bits per heavy atom. The number of methoxy groups -OCH3 is 2. The smallest absolute Gasteiger partial charge is 0.282 e. The fraction of sp³-hybridized carbons (Fsp3) is 0.214. The molecule has 194 valence electrons. The molecule has 0 aliphatic heterocycles. The Labute approximate surface area is 226 Å². The fourth-order valence-corrected chi connectivity index (χ4v) is 4.80. The summed E-state index contributed by atoms with van der Waals surface area (Å²) >= 11 is 1.42. The second-order valence-corrected chi connectivity index (χ2v) is 9.46. The van der Waals surface area contributed by atoms with Gasteiger partial charge >= 0.3 is 0 Å². The average molecular weight is 540 g/mol. The molecule has 0 saturated carbocycles. The van der Waals surface area contributed by atoms with Crippen molar-refractivity contribution in [3.05, 3.63) is 77.5 Å². The number of aromatic hydroxyl groups is 1. The number of aryl methyl sites for hydroxylation is 1. The van der Waals surface area contributed by atoms with E-state index in [1.165, 1.54) is 11.5 Å². The van der Waals surface area contributed by atoms with E-state index in [1.54, 1.807) is 38.5 Å². The maximum absolute atomic E-state index is 13.0. The number of anilines is 1. The lowest BCUT2D eigenvalue weighted by atomic mass is 9.99. The van der Waals surface area contributed by atoms with Crippen LogP contribution < -0.4 is 32.9 Å². The van der Waals surface area contributed by atoms with Crippen LogP contribution in [0.4, 0.5) is 5.69 Å². The minimum absolute atomic E-state index is 0. The van der Waals surface area contributed by atoms with Gasteiger partial charge in [0.05, 0.1) is 24.8 Å². The van der Waals surface area contributed by atoms with Gasteiger partial charge in [-0.15, -0.1) is 0 Å². The number of carbonyl (C=O) groups excluding carboxylic acids is 1. The Hall–Kier alpha value is -3.59. The van der Waals surface area contributed by atoms with E-state index in [1.807, 2.05) is 37.4 Å². The predicted octanol–water partition coefficient (Wildman–Crippen LogP) is 1.61. The molecule has 3 aromatic carbocycles. The quantitative estimate of drug-likeness (QED) is 0.315. The number of rotatable bonds is 8. The Morgan fingerprint density at radius 2 is 1.73 bits per heavy atom. The van der Waals surface area contributed by atoms with Gasteiger partial charge in [0.25, 0.3) is 5.91 Å². The topological polar surface area (TPSA) is 108 Å². The van der Waals surface area contributed by atoms with Gasteiger partial charge in [0, 0.05) is 18.2 Å². The Balaban J connectivity index is 0.00000380. The van der Waals surface area contributed by atoms with E-state index in [-0.39, 0.29) is 24.1 Å². The van der Waals surface area contributed by atoms with Gasteiger partial charge in [-0.05, 0) is 83.5 Å². The first-order valence-corrected chi connectivity index (χ1v) is 12.3. The highest BCUT2D eigenvalue weighted by molar-refractivity contribution is 7.10. The molecule has 1 heterocycles. The van der Waals surface area contributed by atoms with Crippen LogP contribution in [0.25, 0.3) is 21.6 Å². The number of halogens is 1. The molecule has 9 heteroatoms. The standard InChI is InChI=1S/C28H29N3O4S.ClH/c1-16-11-20(14-26(35-4)17(16)2)27-22(15-30-36-27)19-7-10-25(34-3)24(13-19)31-28(33)23(29)12-18-5-8-21(32)9-6-18;/h5-11,13-15,23,32H,12,29H2,1-4H3,(H,31,33);1H/t23-;/m0./s1. The third kappa shape index (κ3) is 6.22. The molecule has 37 heavy (non-hydrogen) atoms. The second kappa shape index (κ2) is 12.1. The number of ether oxygens (including phenoxy) is 2. The van der Waals surface area contributed by atoms with Crippen molar-refractivity contribution in [2.75, 3.05) is 19.5 Å². The van der Waals surface area contributed by atoms with E-state index >= 15 is 0 Å². The normalized spacial score (nSPS) is 11.4. The van der Waals surface area contributed by atoms with Crippen molar-refractivity contribution in [3.8, 4) is 38.8 Å². The monoisotopic (exact) mass is 539 g/mol. The van der Waals surface area contributed by atoms with Gasteiger partial charge in [-0.3, -0.25) is 4.79 Å². The summed E-state index contributed by atoms with van der Waals surface area (Å²) in [6.45, 7) is 4.11. The number of hydrogen-bond acceptors (Lipinski definition) is 6. The molecule has 1 atom stereocenters. The van der Waals surface area contributed by atoms with E-state index in [2.05, 4.69) is 28.4 Å². The molecule has 0 spiro atoms. The van der Waals surface area contributed by atoms with Gasteiger partial charge < -0.3 is 38.0 Å². The van der Waals surface area contributed by atoms with Crippen molar-refractivity contribution in [2.45, 2.75) is 26.3 Å². The van der Waals surface area contributed by atoms with Gasteiger partial charge in [0.1, 0.15) is 17.2 Å². The van der Waals surface area contributed by atoms with E-state index in [4.69, 9.17) is 9.47 Å². The fourth-order valence-electron chi connectivity index (χ4n) is 4.04. The molecule has 0 bridgehead atoms. The highest BCUT2D eigenvalue weighted by Crippen LogP contribution is 2.40. The molecule has 1 aromatic heterocycles. The van der Waals surface area contributed by atoms with Crippen molar-refractivity contribution >= 4 is 23.1 Å². The summed E-state index contributed by atoms with van der Waals surface area (Å²) < 4.78 is 15.5. The first kappa shape index (κ1) is 28.0. The van der Waals surface area contributed by atoms with Gasteiger partial charge in [-0.25, -0.2) is 0 Å². The molecule has 1 amide bonds. The second-order valence-electron chi connectivity index (χ2n) is 8.66. The maximum atomic E-state index is 13.0. The molecule has 0 aliphatic rings. The van der Waals surface area contributed by atoms with E-state index in [0.717, 1.165) is 44.0 Å². The third-order valence-electron chi connectivity index (χ3n) is 6.23. The van der Waals surface area contributed by atoms with Crippen LogP contribution in [0.2, 0.25) is 0 Å². The summed E-state index contributed by atoms with van der Waals surface area (Å²) in [6.07, 6.45) is 2.28. The Morgan fingerprint density at radius 1 is 1.03 bits per heavy atom. The summed E-state index contributed by atoms with van der Waals surface area (Å²) in [4.78, 5) is 14.0. The van der Waals surface area contributed by atoms with Crippen molar-refractivity contribution in [2.24, 2.45) is 0 Å². The molecule has 7 nitrogen and oxygen atoms in total. The van der Waals surface area contributed by atoms with Gasteiger partial charge in [-0.1, -0.05) is 24.3 Å². The molecule has 4 aromatic rings. The van der Waals surface area contributed by atoms with Crippen LogP contribution in [-0.2, 0) is 11.2 Å². The van der Waals surface area contributed by atoms with Crippen LogP contribution in [0.3, 0.4) is 0 Å². The van der Waals surface area contributed by atoms with Crippen LogP contribution >= 0.6 is 11.5 Å². The van der Waals surface area contributed by atoms with E-state index < -0.39 is 6.04 Å². The van der Waals surface area contributed by atoms with Gasteiger partial charge in [0.15, 0.2) is 6.04 Å². The number of phenols is 1. The zero-order valence-electron chi connectivity index (χ0n) is 21.2. The van der Waals surface area contributed by atoms with Gasteiger partial charge in [-0.2, -0.15) is 4.37 Å². The largest absolute Gasteiger partial charge is 1.00 e. The maximum Gasteiger partial charge on any atom is 0.282 e. The molecule has 0 aliphatic carbocycles. The van der Waals surface area contributed by atoms with Crippen LogP contribution in [-0.4, -0.2) is 35.6 Å². The number of nitrogens with one attached hydrogen (secondary N) is 1. The lowest BCUT2D eigenvalue weighted by Crippen LogP contribution is -3.00. The average Bonchev–Trinajstić information content (AvgIpc) is 3.37. The molecule has 0 unspecified atom stereocenters. The van der Waals surface area contributed by atoms with Crippen molar-refractivity contribution in [3.63, 3.8) is 0 Å². The van der Waals surface area contributed by atoms with Crippen molar-refractivity contribution in [1.82, 2.24) is 4.37 Å². The number of nitrogens with zero attached hydrogens (tertiary/aromatic N) is 1. The van der Waals surface area contributed by atoms with Crippen molar-refractivity contribution in [1.29, 1.82) is 0 Å². The molecule has 5 N–H and O–H groups in total. The molecule has 4 rings (SSSR count). The van der Waals surface area contributed by atoms with Crippen molar-refractivity contribution < 1.29 is 37.5 Å². The lowest BCUT2D eigenvalue weighted by molar-refractivity contribution is -0.402. The predicted molar refractivity (Wildman–Crippen MR) is 143 cm³/mol. The molecule has 0 radical (unpaired) electrons. The van der Waals surface area contributed by atoms with Crippen LogP contribution in [0.15, 0.2) is 60.8 Å². The number of benzene rings is 3. The number of phenolic OH excluding ortho intramolecular Hbond substituents is 1. The summed E-state index contributed by atoms with van der Waals surface area (Å²) in [6, 6.07) is 16.1. The Bertz CT molecular complexity index is 1390. The zero-order valence-corrected chi connectivity index (χ0v) is 22.7. The number of quaternary nitrogens is 1. The van der Waals surface area contributed by atoms with Gasteiger partial charge in [0.2, 0.25) is 0 Å². The number of aromatic nitrogens is 1. The van der Waals surface area contributed by atoms with E-state index in [0.29, 0.717) is 17.9 Å². The number of hydrogen-bond donors (Lipinski definition) is 3. The number of carbonyl (C=O) groups is 1. The zero-order chi connectivity index (χ0) is 25.8. The summed E-state index contributed by atoms with van der Waals surface area (Å²) in [7, 11) is 3.25. The minimum Gasteiger partial charge on any atom is -1.00 e. The SMILES string of the molecule is COc1ccc(-c2cnsc2-c2cc(C)c(C)c(OC)c2)cc1NC(=O)[C@@H]([NH3+])Cc1ccc(O)cc1.[Cl-]. The molecule has 0 saturated heterocycles. The van der Waals surface area contributed by atoms with Crippen LogP contribution in [0.5, 0.6) is 17.2 Å². The molecular weight excluding hydrogens is 510 g/mol. The molecule has 0 fully saturated rings. The summed E-state index contributed by atoms with van der Waals surface area (Å²) in [5, 5.41) is 12.5. The first-order chi connectivity index (χ1) is 17.3. The summed E-state index contributed by atoms with van der Waals surface area (Å²) in [5.41, 5.74) is 10.7. The lowest BCUT2D eigenvalue weighted by Gasteiger charge is -2.15. The van der Waals surface area contributed by atoms with E-state index in [9.17, 15) is 9.90 Å². The number of amides is 1. The highest BCUT2D eigenvalue weighted by Gasteiger charge is 2.21. The molecular formula is C28H30ClN3O4S. The highest BCUT2D eigenvalue weighted by atomic mass is 35.5. The van der Waals surface area contributed by atoms with Crippen LogP contribution in [0, 0.1) is 13.8 Å². The first-order valence-electron chi connectivity index (χ1n) is 11.5.